The molecule has 0 bridgehead atoms. The third-order valence-electron chi connectivity index (χ3n) is 4.62. The maximum Gasteiger partial charge on any atom is 0.339 e. The summed E-state index contributed by atoms with van der Waals surface area (Å²) in [6.07, 6.45) is 0. The number of hydrogen-bond donors (Lipinski definition) is 1. The Balaban J connectivity index is 1.53. The summed E-state index contributed by atoms with van der Waals surface area (Å²) in [4.78, 5) is 28.1. The van der Waals surface area contributed by atoms with Crippen molar-refractivity contribution in [2.75, 3.05) is 32.8 Å². The average Bonchev–Trinajstić information content (AvgIpc) is 2.69. The maximum atomic E-state index is 12.5. The van der Waals surface area contributed by atoms with Gasteiger partial charge in [0.15, 0.2) is 6.61 Å². The Bertz CT molecular complexity index is 900. The summed E-state index contributed by atoms with van der Waals surface area (Å²) < 4.78 is 7.10. The van der Waals surface area contributed by atoms with Crippen LogP contribution in [0.5, 0.6) is 5.75 Å². The summed E-state index contributed by atoms with van der Waals surface area (Å²) in [7, 11) is 0. The average molecular weight is 641 g/mol. The predicted octanol–water partition coefficient (Wildman–Crippen LogP) is 3.97. The SMILES string of the molecule is O=C(O)c1cc(I)cc(I)c1OCC(=O)N1CCN(Cc2ccc(Cl)cc2)CC1. The Kier molecular flexibility index (Phi) is 7.99. The van der Waals surface area contributed by atoms with Crippen LogP contribution < -0.4 is 4.74 Å². The number of carbonyl (C=O) groups excluding carboxylic acids is 1. The Morgan fingerprint density at radius 1 is 1.07 bits per heavy atom. The number of benzene rings is 2. The second kappa shape index (κ2) is 10.3. The molecular weight excluding hydrogens is 621 g/mol. The van der Waals surface area contributed by atoms with Crippen molar-refractivity contribution in [3.8, 4) is 5.75 Å². The number of aromatic carboxylic acids is 1. The topological polar surface area (TPSA) is 70.1 Å². The number of rotatable bonds is 6. The molecule has 3 rings (SSSR count). The summed E-state index contributed by atoms with van der Waals surface area (Å²) in [5.41, 5.74) is 1.26. The molecule has 0 aliphatic carbocycles. The normalized spacial score (nSPS) is 14.7. The molecule has 1 aliphatic rings. The molecule has 1 saturated heterocycles. The number of hydrogen-bond acceptors (Lipinski definition) is 4. The van der Waals surface area contributed by atoms with Crippen molar-refractivity contribution in [3.05, 3.63) is 59.7 Å². The Labute approximate surface area is 201 Å². The predicted molar refractivity (Wildman–Crippen MR) is 128 cm³/mol. The first kappa shape index (κ1) is 22.6. The van der Waals surface area contributed by atoms with Crippen molar-refractivity contribution in [3.63, 3.8) is 0 Å². The quantitative estimate of drug-likeness (QED) is 0.485. The second-order valence-electron chi connectivity index (χ2n) is 6.64. The van der Waals surface area contributed by atoms with Crippen LogP contribution in [0.3, 0.4) is 0 Å². The fourth-order valence-electron chi connectivity index (χ4n) is 3.09. The molecule has 1 aliphatic heterocycles. The van der Waals surface area contributed by atoms with E-state index in [4.69, 9.17) is 16.3 Å². The first-order chi connectivity index (χ1) is 13.8. The van der Waals surface area contributed by atoms with Crippen LogP contribution in [0.1, 0.15) is 15.9 Å². The smallest absolute Gasteiger partial charge is 0.339 e. The lowest BCUT2D eigenvalue weighted by Crippen LogP contribution is -2.49. The molecule has 1 fully saturated rings. The highest BCUT2D eigenvalue weighted by atomic mass is 127. The van der Waals surface area contributed by atoms with Gasteiger partial charge >= 0.3 is 5.97 Å². The van der Waals surface area contributed by atoms with Gasteiger partial charge in [0.2, 0.25) is 0 Å². The third kappa shape index (κ3) is 6.19. The van der Waals surface area contributed by atoms with Crippen LogP contribution in [-0.4, -0.2) is 59.6 Å². The molecule has 0 atom stereocenters. The summed E-state index contributed by atoms with van der Waals surface area (Å²) >= 11 is 10.0. The van der Waals surface area contributed by atoms with Gasteiger partial charge in [-0.1, -0.05) is 23.7 Å². The van der Waals surface area contributed by atoms with Crippen LogP contribution in [0, 0.1) is 7.14 Å². The van der Waals surface area contributed by atoms with E-state index in [0.717, 1.165) is 28.2 Å². The minimum atomic E-state index is -1.07. The molecule has 0 unspecified atom stereocenters. The van der Waals surface area contributed by atoms with Gasteiger partial charge < -0.3 is 14.7 Å². The molecule has 29 heavy (non-hydrogen) atoms. The first-order valence-electron chi connectivity index (χ1n) is 8.93. The fraction of sp³-hybridized carbons (Fsp3) is 0.300. The molecule has 9 heteroatoms. The standard InChI is InChI=1S/C20H19ClI2N2O4/c21-14-3-1-13(2-4-14)11-24-5-7-25(8-6-24)18(26)12-29-19-16(20(27)28)9-15(22)10-17(19)23/h1-4,9-10H,5-8,11-12H2,(H,27,28). The summed E-state index contributed by atoms with van der Waals surface area (Å²) in [5, 5.41) is 10.1. The number of nitrogens with zero attached hydrogens (tertiary/aromatic N) is 2. The van der Waals surface area contributed by atoms with Crippen LogP contribution in [0.2, 0.25) is 5.02 Å². The van der Waals surface area contributed by atoms with Crippen LogP contribution in [0.4, 0.5) is 0 Å². The van der Waals surface area contributed by atoms with E-state index in [2.05, 4.69) is 27.5 Å². The number of carboxylic acids is 1. The summed E-state index contributed by atoms with van der Waals surface area (Å²) in [5.74, 6) is -0.963. The van der Waals surface area contributed by atoms with Crippen molar-refractivity contribution in [2.24, 2.45) is 0 Å². The number of ether oxygens (including phenoxy) is 1. The molecule has 1 amide bonds. The number of carbonyl (C=O) groups is 2. The highest BCUT2D eigenvalue weighted by molar-refractivity contribution is 14.1. The number of piperazine rings is 1. The fourth-order valence-corrected chi connectivity index (χ4v) is 5.22. The molecule has 0 spiro atoms. The largest absolute Gasteiger partial charge is 0.482 e. The monoisotopic (exact) mass is 640 g/mol. The maximum absolute atomic E-state index is 12.5. The van der Waals surface area contributed by atoms with E-state index in [1.54, 1.807) is 11.0 Å². The molecule has 0 saturated carbocycles. The highest BCUT2D eigenvalue weighted by Gasteiger charge is 2.23. The van der Waals surface area contributed by atoms with Gasteiger partial charge in [-0.25, -0.2) is 4.79 Å². The first-order valence-corrected chi connectivity index (χ1v) is 11.5. The minimum absolute atomic E-state index is 0.0712. The van der Waals surface area contributed by atoms with Crippen molar-refractivity contribution in [2.45, 2.75) is 6.54 Å². The third-order valence-corrected chi connectivity index (χ3v) is 6.30. The molecule has 0 aromatic heterocycles. The molecule has 1 heterocycles. The molecule has 1 N–H and O–H groups in total. The van der Waals surface area contributed by atoms with Crippen LogP contribution in [-0.2, 0) is 11.3 Å². The molecule has 6 nitrogen and oxygen atoms in total. The van der Waals surface area contributed by atoms with Crippen molar-refractivity contribution in [1.29, 1.82) is 0 Å². The van der Waals surface area contributed by atoms with Gasteiger partial charge in [0.1, 0.15) is 11.3 Å². The van der Waals surface area contributed by atoms with E-state index in [1.807, 2.05) is 52.9 Å². The molecule has 2 aromatic carbocycles. The molecule has 2 aromatic rings. The van der Waals surface area contributed by atoms with Crippen LogP contribution >= 0.6 is 56.8 Å². The van der Waals surface area contributed by atoms with E-state index < -0.39 is 5.97 Å². The summed E-state index contributed by atoms with van der Waals surface area (Å²) in [6.45, 7) is 3.43. The van der Waals surface area contributed by atoms with Gasteiger partial charge in [-0.2, -0.15) is 0 Å². The number of carboxylic acid groups (broad SMARTS) is 1. The second-order valence-corrected chi connectivity index (χ2v) is 9.49. The van der Waals surface area contributed by atoms with Crippen LogP contribution in [0.25, 0.3) is 0 Å². The lowest BCUT2D eigenvalue weighted by molar-refractivity contribution is -0.135. The van der Waals surface area contributed by atoms with E-state index in [0.29, 0.717) is 16.7 Å². The molecule has 154 valence electrons. The Hall–Kier alpha value is -1.11. The summed E-state index contributed by atoms with van der Waals surface area (Å²) in [6, 6.07) is 11.1. The van der Waals surface area contributed by atoms with Crippen molar-refractivity contribution in [1.82, 2.24) is 9.80 Å². The Morgan fingerprint density at radius 3 is 2.34 bits per heavy atom. The number of amides is 1. The minimum Gasteiger partial charge on any atom is -0.482 e. The lowest BCUT2D eigenvalue weighted by Gasteiger charge is -2.34. The van der Waals surface area contributed by atoms with Crippen LogP contribution in [0.15, 0.2) is 36.4 Å². The van der Waals surface area contributed by atoms with E-state index in [1.165, 1.54) is 5.56 Å². The zero-order chi connectivity index (χ0) is 21.0. The Morgan fingerprint density at radius 2 is 1.72 bits per heavy atom. The van der Waals surface area contributed by atoms with Gasteiger partial charge in [0.05, 0.1) is 3.57 Å². The highest BCUT2D eigenvalue weighted by Crippen LogP contribution is 2.28. The van der Waals surface area contributed by atoms with Crippen molar-refractivity contribution >= 4 is 68.7 Å². The van der Waals surface area contributed by atoms with Crippen molar-refractivity contribution < 1.29 is 19.4 Å². The van der Waals surface area contributed by atoms with Gasteiger partial charge in [-0.3, -0.25) is 9.69 Å². The van der Waals surface area contributed by atoms with Gasteiger partial charge in [0.25, 0.3) is 5.91 Å². The molecular formula is C20H19ClI2N2O4. The van der Waals surface area contributed by atoms with E-state index in [-0.39, 0.29) is 23.8 Å². The van der Waals surface area contributed by atoms with Gasteiger partial charge in [-0.05, 0) is 75.0 Å². The van der Waals surface area contributed by atoms with E-state index in [9.17, 15) is 14.7 Å². The van der Waals surface area contributed by atoms with Gasteiger partial charge in [-0.15, -0.1) is 0 Å². The lowest BCUT2D eigenvalue weighted by atomic mass is 10.2. The zero-order valence-corrected chi connectivity index (χ0v) is 20.5. The van der Waals surface area contributed by atoms with E-state index >= 15 is 0 Å². The number of halogens is 3. The molecule has 0 radical (unpaired) electrons. The van der Waals surface area contributed by atoms with Gasteiger partial charge in [0, 0.05) is 41.3 Å². The zero-order valence-electron chi connectivity index (χ0n) is 15.4.